The number of anilines is 2. The molecule has 1 spiro atoms. The molecule has 5 rings (SSSR count). The van der Waals surface area contributed by atoms with Crippen LogP contribution in [0, 0.1) is 12.8 Å². The summed E-state index contributed by atoms with van der Waals surface area (Å²) >= 11 is 0. The van der Waals surface area contributed by atoms with Crippen LogP contribution in [0.4, 0.5) is 11.4 Å². The summed E-state index contributed by atoms with van der Waals surface area (Å²) in [5.41, 5.74) is 3.43. The fraction of sp³-hybridized carbons (Fsp3) is 0.481. The zero-order valence-corrected chi connectivity index (χ0v) is 19.6. The summed E-state index contributed by atoms with van der Waals surface area (Å²) in [6.07, 6.45) is 3.76. The first-order chi connectivity index (χ1) is 16.1. The zero-order chi connectivity index (χ0) is 23.0. The maximum atomic E-state index is 13.5. The highest BCUT2D eigenvalue weighted by Gasteiger charge is 2.65. The summed E-state index contributed by atoms with van der Waals surface area (Å²) < 4.78 is 0. The van der Waals surface area contributed by atoms with Gasteiger partial charge in [-0.1, -0.05) is 30.3 Å². The second-order valence-corrected chi connectivity index (χ2v) is 9.61. The molecule has 2 amide bonds. The molecule has 2 fully saturated rings. The first-order valence-electron chi connectivity index (χ1n) is 12.3. The van der Waals surface area contributed by atoms with Gasteiger partial charge in [0.25, 0.3) is 0 Å². The highest BCUT2D eigenvalue weighted by Crippen LogP contribution is 2.55. The second kappa shape index (κ2) is 8.82. The fourth-order valence-corrected chi connectivity index (χ4v) is 6.28. The van der Waals surface area contributed by atoms with Gasteiger partial charge in [-0.05, 0) is 69.8 Å². The van der Waals surface area contributed by atoms with Crippen LogP contribution in [0.2, 0.25) is 0 Å². The average molecular weight is 447 g/mol. The number of hydrogen-bond acceptors (Lipinski definition) is 4. The number of benzene rings is 2. The van der Waals surface area contributed by atoms with Crippen LogP contribution in [-0.4, -0.2) is 48.9 Å². The third kappa shape index (κ3) is 3.61. The van der Waals surface area contributed by atoms with Crippen LogP contribution in [0.1, 0.15) is 43.7 Å². The zero-order valence-electron chi connectivity index (χ0n) is 19.6. The van der Waals surface area contributed by atoms with Crippen LogP contribution in [0.15, 0.2) is 48.5 Å². The van der Waals surface area contributed by atoms with Gasteiger partial charge in [-0.3, -0.25) is 14.5 Å². The van der Waals surface area contributed by atoms with E-state index in [1.54, 1.807) is 0 Å². The maximum Gasteiger partial charge on any atom is 0.250 e. The Morgan fingerprint density at radius 1 is 1.24 bits per heavy atom. The second-order valence-electron chi connectivity index (χ2n) is 9.61. The first-order valence-corrected chi connectivity index (χ1v) is 12.3. The number of hydrogen-bond donors (Lipinski definition) is 2. The summed E-state index contributed by atoms with van der Waals surface area (Å²) in [6.45, 7) is 7.56. The number of rotatable bonds is 7. The third-order valence-corrected chi connectivity index (χ3v) is 7.74. The molecule has 33 heavy (non-hydrogen) atoms. The molecular formula is C27H34N4O2. The van der Waals surface area contributed by atoms with Crippen molar-refractivity contribution in [3.63, 3.8) is 0 Å². The number of aryl methyl sites for hydroxylation is 1. The highest BCUT2D eigenvalue weighted by molar-refractivity contribution is 6.09. The van der Waals surface area contributed by atoms with Gasteiger partial charge < -0.3 is 15.5 Å². The number of fused-ring (bicyclic) bond motifs is 4. The lowest BCUT2D eigenvalue weighted by Crippen LogP contribution is -2.54. The third-order valence-electron chi connectivity index (χ3n) is 7.74. The molecule has 3 aliphatic heterocycles. The standard InChI is InChI=1S/C27H34N4O2/c1-3-30(20-10-6-9-19(2)17-20)15-8-14-28-25(32)23-18-21-11-7-16-31(21)27(23)22-12-4-5-13-24(22)29-26(27)33/h4-6,9-10,12-13,17,21,23H,3,7-8,11,14-16,18H2,1-2H3,(H,28,32)(H,29,33)/t21-,23-,27-/m1/s1. The van der Waals surface area contributed by atoms with E-state index >= 15 is 0 Å². The lowest BCUT2D eigenvalue weighted by molar-refractivity contribution is -0.137. The van der Waals surface area contributed by atoms with E-state index in [4.69, 9.17) is 0 Å². The number of nitrogens with zero attached hydrogens (tertiary/aromatic N) is 2. The molecule has 6 heteroatoms. The van der Waals surface area contributed by atoms with Gasteiger partial charge in [-0.15, -0.1) is 0 Å². The van der Waals surface area contributed by atoms with E-state index in [-0.39, 0.29) is 17.7 Å². The van der Waals surface area contributed by atoms with E-state index in [0.717, 1.165) is 56.6 Å². The number of amides is 2. The number of para-hydroxylation sites is 1. The monoisotopic (exact) mass is 446 g/mol. The first kappa shape index (κ1) is 22.0. The maximum absolute atomic E-state index is 13.5. The molecule has 3 atom stereocenters. The van der Waals surface area contributed by atoms with Crippen LogP contribution < -0.4 is 15.5 Å². The molecule has 2 aromatic rings. The summed E-state index contributed by atoms with van der Waals surface area (Å²) in [5.74, 6) is -0.384. The van der Waals surface area contributed by atoms with Gasteiger partial charge in [-0.2, -0.15) is 0 Å². The van der Waals surface area contributed by atoms with Gasteiger partial charge in [0.05, 0.1) is 5.92 Å². The van der Waals surface area contributed by atoms with Crippen molar-refractivity contribution in [1.29, 1.82) is 0 Å². The van der Waals surface area contributed by atoms with Crippen molar-refractivity contribution in [3.05, 3.63) is 59.7 Å². The van der Waals surface area contributed by atoms with E-state index in [2.05, 4.69) is 58.5 Å². The Morgan fingerprint density at radius 2 is 2.09 bits per heavy atom. The van der Waals surface area contributed by atoms with Crippen molar-refractivity contribution in [2.75, 3.05) is 36.4 Å². The van der Waals surface area contributed by atoms with Gasteiger partial charge in [0.2, 0.25) is 11.8 Å². The molecule has 174 valence electrons. The molecule has 0 aliphatic carbocycles. The SMILES string of the molecule is CCN(CCCNC(=O)[C@H]1C[C@H]2CCCN2[C@@]12C(=O)Nc1ccccc12)c1cccc(C)c1. The van der Waals surface area contributed by atoms with Crippen molar-refractivity contribution in [1.82, 2.24) is 10.2 Å². The molecule has 2 saturated heterocycles. The van der Waals surface area contributed by atoms with Crippen molar-refractivity contribution >= 4 is 23.2 Å². The number of carbonyl (C=O) groups is 2. The van der Waals surface area contributed by atoms with Crippen molar-refractivity contribution in [2.45, 2.75) is 51.1 Å². The van der Waals surface area contributed by atoms with Crippen molar-refractivity contribution < 1.29 is 9.59 Å². The van der Waals surface area contributed by atoms with E-state index in [0.29, 0.717) is 12.6 Å². The van der Waals surface area contributed by atoms with Crippen molar-refractivity contribution in [3.8, 4) is 0 Å². The molecular weight excluding hydrogens is 412 g/mol. The Kier molecular flexibility index (Phi) is 5.87. The Morgan fingerprint density at radius 3 is 2.91 bits per heavy atom. The molecule has 0 saturated carbocycles. The predicted octanol–water partition coefficient (Wildman–Crippen LogP) is 3.66. The molecule has 2 N–H and O–H groups in total. The number of nitrogens with one attached hydrogen (secondary N) is 2. The van der Waals surface area contributed by atoms with E-state index < -0.39 is 5.54 Å². The van der Waals surface area contributed by atoms with Crippen LogP contribution in [0.5, 0.6) is 0 Å². The summed E-state index contributed by atoms with van der Waals surface area (Å²) in [6, 6.07) is 16.7. The van der Waals surface area contributed by atoms with E-state index in [9.17, 15) is 9.59 Å². The summed E-state index contributed by atoms with van der Waals surface area (Å²) in [4.78, 5) is 31.6. The highest BCUT2D eigenvalue weighted by atomic mass is 16.2. The van der Waals surface area contributed by atoms with Crippen LogP contribution in [0.25, 0.3) is 0 Å². The van der Waals surface area contributed by atoms with Crippen molar-refractivity contribution in [2.24, 2.45) is 5.92 Å². The molecule has 0 aromatic heterocycles. The van der Waals surface area contributed by atoms with Gasteiger partial charge in [0, 0.05) is 42.6 Å². The normalized spacial score (nSPS) is 25.7. The molecule has 0 unspecified atom stereocenters. The van der Waals surface area contributed by atoms with Gasteiger partial charge in [0.1, 0.15) is 5.54 Å². The van der Waals surface area contributed by atoms with Gasteiger partial charge in [-0.25, -0.2) is 0 Å². The summed E-state index contributed by atoms with van der Waals surface area (Å²) in [5, 5.41) is 6.26. The van der Waals surface area contributed by atoms with Gasteiger partial charge in [0.15, 0.2) is 0 Å². The minimum atomic E-state index is -0.862. The van der Waals surface area contributed by atoms with Crippen LogP contribution in [0.3, 0.4) is 0 Å². The van der Waals surface area contributed by atoms with Crippen LogP contribution in [-0.2, 0) is 15.1 Å². The molecule has 3 aliphatic rings. The molecule has 0 radical (unpaired) electrons. The predicted molar refractivity (Wildman–Crippen MR) is 131 cm³/mol. The Hall–Kier alpha value is -2.86. The Labute approximate surface area is 196 Å². The minimum Gasteiger partial charge on any atom is -0.372 e. The quantitative estimate of drug-likeness (QED) is 0.637. The fourth-order valence-electron chi connectivity index (χ4n) is 6.28. The average Bonchev–Trinajstić information content (AvgIpc) is 3.48. The summed E-state index contributed by atoms with van der Waals surface area (Å²) in [7, 11) is 0. The molecule has 0 bridgehead atoms. The minimum absolute atomic E-state index is 0.00913. The molecule has 6 nitrogen and oxygen atoms in total. The van der Waals surface area contributed by atoms with Gasteiger partial charge >= 0.3 is 0 Å². The topological polar surface area (TPSA) is 64.7 Å². The van der Waals surface area contributed by atoms with E-state index in [1.807, 2.05) is 24.3 Å². The Balaban J connectivity index is 1.28. The lowest BCUT2D eigenvalue weighted by Gasteiger charge is -2.36. The molecule has 3 heterocycles. The Bertz CT molecular complexity index is 1050. The van der Waals surface area contributed by atoms with Crippen LogP contribution >= 0.6 is 0 Å². The van der Waals surface area contributed by atoms with E-state index in [1.165, 1.54) is 11.3 Å². The smallest absolute Gasteiger partial charge is 0.250 e. The lowest BCUT2D eigenvalue weighted by atomic mass is 9.78. The molecule has 2 aromatic carbocycles. The number of carbonyl (C=O) groups excluding carboxylic acids is 2. The largest absolute Gasteiger partial charge is 0.372 e.